The monoisotopic (exact) mass is 267 g/mol. The number of rotatable bonds is 5. The van der Waals surface area contributed by atoms with Gasteiger partial charge in [0.2, 0.25) is 0 Å². The third-order valence-electron chi connectivity index (χ3n) is 2.24. The van der Waals surface area contributed by atoms with Crippen molar-refractivity contribution in [2.45, 2.75) is 26.4 Å². The summed E-state index contributed by atoms with van der Waals surface area (Å²) in [4.78, 5) is 11.3. The van der Waals surface area contributed by atoms with Crippen molar-refractivity contribution in [3.05, 3.63) is 40.9 Å². The van der Waals surface area contributed by atoms with Crippen LogP contribution in [-0.4, -0.2) is 18.7 Å². The van der Waals surface area contributed by atoms with Gasteiger partial charge in [-0.15, -0.1) is 0 Å². The van der Waals surface area contributed by atoms with Crippen molar-refractivity contribution in [3.8, 4) is 0 Å². The number of nitrogens with one attached hydrogen (secondary N) is 1. The summed E-state index contributed by atoms with van der Waals surface area (Å²) in [6, 6.07) is 7.45. The second-order valence-corrected chi connectivity index (χ2v) is 4.38. The molecule has 1 aromatic carbocycles. The zero-order valence-corrected chi connectivity index (χ0v) is 11.4. The van der Waals surface area contributed by atoms with Gasteiger partial charge >= 0.3 is 6.09 Å². The Labute approximate surface area is 113 Å². The highest BCUT2D eigenvalue weighted by Crippen LogP contribution is 2.11. The van der Waals surface area contributed by atoms with E-state index in [9.17, 15) is 4.79 Å². The molecule has 0 saturated carbocycles. The topological polar surface area (TPSA) is 38.3 Å². The molecular weight excluding hydrogens is 250 g/mol. The third kappa shape index (κ3) is 5.73. The van der Waals surface area contributed by atoms with Gasteiger partial charge in [-0.1, -0.05) is 36.7 Å². The maximum absolute atomic E-state index is 11.3. The molecule has 0 aromatic heterocycles. The number of carbonyl (C=O) groups is 1. The Bertz CT molecular complexity index is 401. The number of benzene rings is 1. The minimum Gasteiger partial charge on any atom is -0.442 e. The van der Waals surface area contributed by atoms with Crippen molar-refractivity contribution < 1.29 is 9.53 Å². The van der Waals surface area contributed by atoms with E-state index >= 15 is 0 Å². The summed E-state index contributed by atoms with van der Waals surface area (Å²) in [5, 5.41) is 3.36. The molecule has 4 heteroatoms. The highest BCUT2D eigenvalue weighted by molar-refractivity contribution is 6.30. The van der Waals surface area contributed by atoms with Crippen molar-refractivity contribution >= 4 is 23.8 Å². The molecule has 0 bridgehead atoms. The van der Waals surface area contributed by atoms with E-state index < -0.39 is 0 Å². The summed E-state index contributed by atoms with van der Waals surface area (Å²) >= 11 is 5.79. The number of hydrogen-bond donors (Lipinski definition) is 1. The molecule has 1 amide bonds. The number of alkyl carbamates (subject to hydrolysis) is 1. The predicted molar refractivity (Wildman–Crippen MR) is 74.7 cm³/mol. The van der Waals surface area contributed by atoms with Gasteiger partial charge in [-0.3, -0.25) is 0 Å². The second-order valence-electron chi connectivity index (χ2n) is 3.95. The Hall–Kier alpha value is -1.48. The van der Waals surface area contributed by atoms with E-state index in [2.05, 4.69) is 5.32 Å². The summed E-state index contributed by atoms with van der Waals surface area (Å²) in [6.45, 7) is 4.44. The number of carbonyl (C=O) groups excluding carboxylic acids is 1. The molecule has 0 saturated heterocycles. The van der Waals surface area contributed by atoms with Crippen LogP contribution in [0.1, 0.15) is 25.8 Å². The van der Waals surface area contributed by atoms with Crippen molar-refractivity contribution in [2.24, 2.45) is 0 Å². The van der Waals surface area contributed by atoms with Gasteiger partial charge in [0.15, 0.2) is 0 Å². The Morgan fingerprint density at radius 3 is 2.72 bits per heavy atom. The van der Waals surface area contributed by atoms with Crippen LogP contribution in [0.2, 0.25) is 5.02 Å². The number of amides is 1. The van der Waals surface area contributed by atoms with Gasteiger partial charge in [-0.25, -0.2) is 4.79 Å². The Balaban J connectivity index is 2.41. The van der Waals surface area contributed by atoms with Crippen LogP contribution in [0.3, 0.4) is 0 Å². The second kappa shape index (κ2) is 7.77. The highest BCUT2D eigenvalue weighted by Gasteiger charge is 2.04. The van der Waals surface area contributed by atoms with Crippen LogP contribution >= 0.6 is 11.6 Å². The van der Waals surface area contributed by atoms with Crippen LogP contribution < -0.4 is 5.32 Å². The van der Waals surface area contributed by atoms with Crippen molar-refractivity contribution in [1.82, 2.24) is 5.32 Å². The van der Waals surface area contributed by atoms with Crippen molar-refractivity contribution in [1.29, 1.82) is 0 Å². The van der Waals surface area contributed by atoms with Crippen molar-refractivity contribution in [3.63, 3.8) is 0 Å². The lowest BCUT2D eigenvalue weighted by molar-refractivity contribution is 0.127. The minimum absolute atomic E-state index is 0.266. The molecule has 0 spiro atoms. The molecule has 1 N–H and O–H groups in total. The van der Waals surface area contributed by atoms with Crippen molar-refractivity contribution in [2.75, 3.05) is 6.54 Å². The fraction of sp³-hybridized carbons (Fsp3) is 0.357. The quantitative estimate of drug-likeness (QED) is 0.879. The summed E-state index contributed by atoms with van der Waals surface area (Å²) in [5.41, 5.74) is 1.02. The zero-order chi connectivity index (χ0) is 13.4. The highest BCUT2D eigenvalue weighted by atomic mass is 35.5. The maximum Gasteiger partial charge on any atom is 0.407 e. The lowest BCUT2D eigenvalue weighted by Crippen LogP contribution is -2.27. The summed E-state index contributed by atoms with van der Waals surface area (Å²) < 4.78 is 5.13. The number of hydrogen-bond acceptors (Lipinski definition) is 2. The lowest BCUT2D eigenvalue weighted by atomic mass is 10.2. The van der Waals surface area contributed by atoms with Gasteiger partial charge in [-0.2, -0.15) is 0 Å². The van der Waals surface area contributed by atoms with E-state index in [4.69, 9.17) is 16.3 Å². The Kier molecular flexibility index (Phi) is 6.29. The van der Waals surface area contributed by atoms with Crippen LogP contribution in [0.15, 0.2) is 30.3 Å². The number of halogens is 1. The molecule has 0 heterocycles. The molecule has 0 aliphatic carbocycles. The van der Waals surface area contributed by atoms with Gasteiger partial charge in [0, 0.05) is 11.6 Å². The molecule has 0 aliphatic heterocycles. The van der Waals surface area contributed by atoms with Gasteiger partial charge in [0.1, 0.15) is 6.10 Å². The molecule has 18 heavy (non-hydrogen) atoms. The van der Waals surface area contributed by atoms with Gasteiger partial charge < -0.3 is 10.1 Å². The first-order valence-electron chi connectivity index (χ1n) is 6.00. The largest absolute Gasteiger partial charge is 0.442 e. The molecule has 1 unspecified atom stereocenters. The molecule has 3 nitrogen and oxygen atoms in total. The van der Waals surface area contributed by atoms with Gasteiger partial charge in [-0.05, 0) is 37.1 Å². The fourth-order valence-electron chi connectivity index (χ4n) is 1.30. The van der Waals surface area contributed by atoms with Crippen LogP contribution in [0.4, 0.5) is 4.79 Å². The first-order valence-corrected chi connectivity index (χ1v) is 6.38. The molecule has 1 atom stereocenters. The molecule has 0 aliphatic rings. The molecular formula is C14H18ClNO2. The van der Waals surface area contributed by atoms with E-state index in [-0.39, 0.29) is 12.2 Å². The number of ether oxygens (including phenoxy) is 1. The predicted octanol–water partition coefficient (Wildman–Crippen LogP) is 3.88. The first kappa shape index (κ1) is 14.6. The zero-order valence-electron chi connectivity index (χ0n) is 10.7. The SMILES string of the molecule is CCCNC(=O)OC(C)/C=C/c1ccc(Cl)cc1. The smallest absolute Gasteiger partial charge is 0.407 e. The summed E-state index contributed by atoms with van der Waals surface area (Å²) in [7, 11) is 0. The lowest BCUT2D eigenvalue weighted by Gasteiger charge is -2.09. The normalized spacial score (nSPS) is 12.4. The van der Waals surface area contributed by atoms with E-state index in [1.807, 2.05) is 50.3 Å². The van der Waals surface area contributed by atoms with Gasteiger partial charge in [0.05, 0.1) is 0 Å². The standard InChI is InChI=1S/C14H18ClNO2/c1-3-10-16-14(17)18-11(2)4-5-12-6-8-13(15)9-7-12/h4-9,11H,3,10H2,1-2H3,(H,16,17)/b5-4+. The molecule has 1 rings (SSSR count). The fourth-order valence-corrected chi connectivity index (χ4v) is 1.42. The van der Waals surface area contributed by atoms with Gasteiger partial charge in [0.25, 0.3) is 0 Å². The average Bonchev–Trinajstić information content (AvgIpc) is 2.35. The van der Waals surface area contributed by atoms with Crippen LogP contribution in [-0.2, 0) is 4.74 Å². The van der Waals surface area contributed by atoms with Crippen LogP contribution in [0.5, 0.6) is 0 Å². The minimum atomic E-state index is -0.384. The molecule has 1 aromatic rings. The molecule has 98 valence electrons. The maximum atomic E-state index is 11.3. The molecule has 0 fully saturated rings. The average molecular weight is 268 g/mol. The Morgan fingerprint density at radius 2 is 2.11 bits per heavy atom. The van der Waals surface area contributed by atoms with E-state index in [0.717, 1.165) is 12.0 Å². The summed E-state index contributed by atoms with van der Waals surface area (Å²) in [6.07, 6.45) is 3.97. The van der Waals surface area contributed by atoms with E-state index in [1.165, 1.54) is 0 Å². The first-order chi connectivity index (χ1) is 8.61. The Morgan fingerprint density at radius 1 is 1.44 bits per heavy atom. The summed E-state index contributed by atoms with van der Waals surface area (Å²) in [5.74, 6) is 0. The van der Waals surface area contributed by atoms with Crippen LogP contribution in [0, 0.1) is 0 Å². The van der Waals surface area contributed by atoms with E-state index in [1.54, 1.807) is 0 Å². The molecule has 0 radical (unpaired) electrons. The van der Waals surface area contributed by atoms with Crippen LogP contribution in [0.25, 0.3) is 6.08 Å². The van der Waals surface area contributed by atoms with E-state index in [0.29, 0.717) is 11.6 Å². The third-order valence-corrected chi connectivity index (χ3v) is 2.49.